The third-order valence-electron chi connectivity index (χ3n) is 3.21. The minimum atomic E-state index is 0.247. The first kappa shape index (κ1) is 15.3. The van der Waals surface area contributed by atoms with Gasteiger partial charge >= 0.3 is 0 Å². The summed E-state index contributed by atoms with van der Waals surface area (Å²) in [4.78, 5) is 13.1. The Hall–Kier alpha value is -1.08. The maximum absolute atomic E-state index is 10.9. The predicted octanol–water partition coefficient (Wildman–Crippen LogP) is 1.60. The summed E-state index contributed by atoms with van der Waals surface area (Å²) in [6.45, 7) is 7.83. The number of morpholine rings is 1. The summed E-state index contributed by atoms with van der Waals surface area (Å²) in [6.07, 6.45) is 1.53. The Morgan fingerprint density at radius 3 is 2.75 bits per heavy atom. The summed E-state index contributed by atoms with van der Waals surface area (Å²) in [5, 5.41) is 9.55. The number of hydrogen-bond donors (Lipinski definition) is 0. The van der Waals surface area contributed by atoms with Crippen molar-refractivity contribution in [2.75, 3.05) is 37.0 Å². The van der Waals surface area contributed by atoms with Gasteiger partial charge in [-0.05, 0) is 20.3 Å². The lowest BCUT2D eigenvalue weighted by molar-refractivity contribution is -0.117. The van der Waals surface area contributed by atoms with E-state index >= 15 is 0 Å². The van der Waals surface area contributed by atoms with Gasteiger partial charge in [-0.25, -0.2) is 0 Å². The van der Waals surface area contributed by atoms with Gasteiger partial charge in [-0.15, -0.1) is 10.2 Å². The number of aromatic nitrogens is 3. The van der Waals surface area contributed by atoms with Crippen molar-refractivity contribution in [2.24, 2.45) is 0 Å². The highest BCUT2D eigenvalue weighted by Crippen LogP contribution is 2.23. The van der Waals surface area contributed by atoms with E-state index in [1.54, 1.807) is 18.7 Å². The number of ether oxygens (including phenoxy) is 1. The molecule has 0 unspecified atom stereocenters. The Morgan fingerprint density at radius 1 is 1.35 bits per heavy atom. The van der Waals surface area contributed by atoms with Crippen molar-refractivity contribution in [1.82, 2.24) is 14.8 Å². The van der Waals surface area contributed by atoms with Crippen LogP contribution < -0.4 is 4.90 Å². The average Bonchev–Trinajstić information content (AvgIpc) is 2.87. The van der Waals surface area contributed by atoms with Gasteiger partial charge in [0, 0.05) is 31.8 Å². The van der Waals surface area contributed by atoms with Gasteiger partial charge in [0.25, 0.3) is 0 Å². The minimum Gasteiger partial charge on any atom is -0.378 e. The normalized spacial score (nSPS) is 15.6. The van der Waals surface area contributed by atoms with E-state index in [0.717, 1.165) is 56.1 Å². The summed E-state index contributed by atoms with van der Waals surface area (Å²) in [6, 6.07) is 0. The molecule has 112 valence electrons. The van der Waals surface area contributed by atoms with Crippen LogP contribution in [0.25, 0.3) is 0 Å². The number of hydrogen-bond acceptors (Lipinski definition) is 6. The van der Waals surface area contributed by atoms with Crippen LogP contribution in [-0.2, 0) is 16.1 Å². The molecule has 1 saturated heterocycles. The molecule has 0 aliphatic carbocycles. The standard InChI is InChI=1S/C13H22N4O2S/c1-3-17-12(16-6-8-19-9-7-16)14-15-13(17)20-10-4-5-11(2)18/h3-10H2,1-2H3. The Kier molecular flexibility index (Phi) is 5.85. The Labute approximate surface area is 123 Å². The van der Waals surface area contributed by atoms with Crippen LogP contribution in [0.3, 0.4) is 0 Å². The molecular formula is C13H22N4O2S. The molecule has 0 bridgehead atoms. The first-order chi connectivity index (χ1) is 9.72. The van der Waals surface area contributed by atoms with Gasteiger partial charge in [-0.2, -0.15) is 0 Å². The summed E-state index contributed by atoms with van der Waals surface area (Å²) in [5.74, 6) is 2.09. The smallest absolute Gasteiger partial charge is 0.228 e. The molecule has 0 spiro atoms. The first-order valence-electron chi connectivity index (χ1n) is 7.10. The second-order valence-electron chi connectivity index (χ2n) is 4.78. The molecule has 0 aromatic carbocycles. The zero-order chi connectivity index (χ0) is 14.4. The molecule has 1 aliphatic rings. The lowest BCUT2D eigenvalue weighted by Gasteiger charge is -2.27. The van der Waals surface area contributed by atoms with Crippen molar-refractivity contribution in [1.29, 1.82) is 0 Å². The van der Waals surface area contributed by atoms with Gasteiger partial charge < -0.3 is 14.4 Å². The van der Waals surface area contributed by atoms with E-state index in [1.165, 1.54) is 0 Å². The second kappa shape index (κ2) is 7.64. The number of thioether (sulfide) groups is 1. The van der Waals surface area contributed by atoms with Crippen LogP contribution in [0.2, 0.25) is 0 Å². The molecule has 0 N–H and O–H groups in total. The van der Waals surface area contributed by atoms with E-state index in [0.29, 0.717) is 6.42 Å². The third kappa shape index (κ3) is 3.96. The molecule has 6 nitrogen and oxygen atoms in total. The molecule has 7 heteroatoms. The molecule has 0 radical (unpaired) electrons. The fourth-order valence-corrected chi connectivity index (χ4v) is 3.08. The minimum absolute atomic E-state index is 0.247. The van der Waals surface area contributed by atoms with E-state index in [2.05, 4.69) is 26.6 Å². The fraction of sp³-hybridized carbons (Fsp3) is 0.769. The molecular weight excluding hydrogens is 276 g/mol. The lowest BCUT2D eigenvalue weighted by atomic mass is 10.3. The fourth-order valence-electron chi connectivity index (χ4n) is 2.15. The number of nitrogens with zero attached hydrogens (tertiary/aromatic N) is 4. The Morgan fingerprint density at radius 2 is 2.10 bits per heavy atom. The third-order valence-corrected chi connectivity index (χ3v) is 4.26. The largest absolute Gasteiger partial charge is 0.378 e. The molecule has 0 atom stereocenters. The molecule has 2 rings (SSSR count). The van der Waals surface area contributed by atoms with Crippen molar-refractivity contribution >= 4 is 23.5 Å². The van der Waals surface area contributed by atoms with Gasteiger partial charge in [-0.1, -0.05) is 11.8 Å². The van der Waals surface area contributed by atoms with Crippen LogP contribution >= 0.6 is 11.8 Å². The summed E-state index contributed by atoms with van der Waals surface area (Å²) in [7, 11) is 0. The maximum Gasteiger partial charge on any atom is 0.228 e. The number of carbonyl (C=O) groups excluding carboxylic acids is 1. The predicted molar refractivity (Wildman–Crippen MR) is 79.4 cm³/mol. The number of anilines is 1. The van der Waals surface area contributed by atoms with Crippen LogP contribution in [0.15, 0.2) is 5.16 Å². The molecule has 2 heterocycles. The monoisotopic (exact) mass is 298 g/mol. The van der Waals surface area contributed by atoms with Gasteiger partial charge in [0.2, 0.25) is 5.95 Å². The molecule has 1 aliphatic heterocycles. The van der Waals surface area contributed by atoms with Gasteiger partial charge in [0.1, 0.15) is 5.78 Å². The topological polar surface area (TPSA) is 60.2 Å². The highest BCUT2D eigenvalue weighted by molar-refractivity contribution is 7.99. The highest BCUT2D eigenvalue weighted by Gasteiger charge is 2.19. The first-order valence-corrected chi connectivity index (χ1v) is 8.09. The van der Waals surface area contributed by atoms with Crippen LogP contribution in [0, 0.1) is 0 Å². The molecule has 0 saturated carbocycles. The highest BCUT2D eigenvalue weighted by atomic mass is 32.2. The number of rotatable bonds is 7. The van der Waals surface area contributed by atoms with Crippen LogP contribution in [0.5, 0.6) is 0 Å². The number of Topliss-reactive ketones (excluding diaryl/α,β-unsaturated/α-hetero) is 1. The summed E-state index contributed by atoms with van der Waals surface area (Å²) >= 11 is 1.68. The van der Waals surface area contributed by atoms with E-state index in [-0.39, 0.29) is 5.78 Å². The van der Waals surface area contributed by atoms with Crippen molar-refractivity contribution in [3.05, 3.63) is 0 Å². The van der Waals surface area contributed by atoms with Crippen molar-refractivity contribution in [3.8, 4) is 0 Å². The average molecular weight is 298 g/mol. The zero-order valence-corrected chi connectivity index (χ0v) is 13.0. The molecule has 20 heavy (non-hydrogen) atoms. The Bertz CT molecular complexity index is 444. The van der Waals surface area contributed by atoms with E-state index < -0.39 is 0 Å². The maximum atomic E-state index is 10.9. The molecule has 1 fully saturated rings. The van der Waals surface area contributed by atoms with Crippen molar-refractivity contribution in [2.45, 2.75) is 38.4 Å². The van der Waals surface area contributed by atoms with Crippen LogP contribution in [0.1, 0.15) is 26.7 Å². The molecule has 1 aromatic heterocycles. The molecule has 0 amide bonds. The lowest BCUT2D eigenvalue weighted by Crippen LogP contribution is -2.38. The molecule has 1 aromatic rings. The van der Waals surface area contributed by atoms with Crippen LogP contribution in [0.4, 0.5) is 5.95 Å². The van der Waals surface area contributed by atoms with Crippen molar-refractivity contribution in [3.63, 3.8) is 0 Å². The number of ketones is 1. The van der Waals surface area contributed by atoms with E-state index in [4.69, 9.17) is 4.74 Å². The second-order valence-corrected chi connectivity index (χ2v) is 5.84. The van der Waals surface area contributed by atoms with Crippen molar-refractivity contribution < 1.29 is 9.53 Å². The SMILES string of the molecule is CCn1c(SCCCC(C)=O)nnc1N1CCOCC1. The van der Waals surface area contributed by atoms with Gasteiger partial charge in [0.15, 0.2) is 5.16 Å². The summed E-state index contributed by atoms with van der Waals surface area (Å²) < 4.78 is 7.51. The van der Waals surface area contributed by atoms with E-state index in [9.17, 15) is 4.79 Å². The quantitative estimate of drug-likeness (QED) is 0.563. The number of carbonyl (C=O) groups is 1. The van der Waals surface area contributed by atoms with Crippen LogP contribution in [-0.4, -0.2) is 52.6 Å². The summed E-state index contributed by atoms with van der Waals surface area (Å²) in [5.41, 5.74) is 0. The zero-order valence-electron chi connectivity index (χ0n) is 12.2. The van der Waals surface area contributed by atoms with Gasteiger partial charge in [-0.3, -0.25) is 4.57 Å². The van der Waals surface area contributed by atoms with E-state index in [1.807, 2.05) is 0 Å². The van der Waals surface area contributed by atoms with Gasteiger partial charge in [0.05, 0.1) is 13.2 Å². The Balaban J connectivity index is 1.95.